The van der Waals surface area contributed by atoms with Gasteiger partial charge in [-0.05, 0) is 18.2 Å². The van der Waals surface area contributed by atoms with Crippen molar-refractivity contribution in [3.8, 4) is 11.4 Å². The Bertz CT molecular complexity index is 710. The van der Waals surface area contributed by atoms with Gasteiger partial charge in [-0.2, -0.15) is 5.10 Å². The van der Waals surface area contributed by atoms with Crippen molar-refractivity contribution in [2.45, 2.75) is 13.0 Å². The molecule has 2 aromatic heterocycles. The van der Waals surface area contributed by atoms with Crippen LogP contribution in [-0.2, 0) is 20.0 Å². The van der Waals surface area contributed by atoms with E-state index in [1.54, 1.807) is 0 Å². The van der Waals surface area contributed by atoms with E-state index in [0.29, 0.717) is 0 Å². The number of nitrogens with two attached hydrogens (primary N) is 1. The first kappa shape index (κ1) is 12.5. The summed E-state index contributed by atoms with van der Waals surface area (Å²) < 4.78 is 4.04. The van der Waals surface area contributed by atoms with E-state index in [4.69, 9.17) is 5.73 Å². The molecule has 0 saturated heterocycles. The van der Waals surface area contributed by atoms with Gasteiger partial charge >= 0.3 is 0 Å². The molecule has 0 atom stereocenters. The third-order valence-corrected chi connectivity index (χ3v) is 3.39. The maximum atomic E-state index is 5.84. The molecule has 5 heteroatoms. The highest BCUT2D eigenvalue weighted by Crippen LogP contribution is 2.20. The summed E-state index contributed by atoms with van der Waals surface area (Å²) >= 11 is 0. The van der Waals surface area contributed by atoms with Crippen LogP contribution in [0.5, 0.6) is 0 Å². The van der Waals surface area contributed by atoms with Crippen LogP contribution in [0.25, 0.3) is 11.4 Å². The van der Waals surface area contributed by atoms with Crippen LogP contribution in [0, 0.1) is 0 Å². The first-order valence-corrected chi connectivity index (χ1v) is 6.58. The van der Waals surface area contributed by atoms with Crippen LogP contribution >= 0.6 is 0 Å². The molecule has 0 fully saturated rings. The number of nitrogens with zero attached hydrogens (tertiary/aromatic N) is 4. The van der Waals surface area contributed by atoms with E-state index < -0.39 is 0 Å². The van der Waals surface area contributed by atoms with E-state index >= 15 is 0 Å². The first-order chi connectivity index (χ1) is 9.74. The maximum Gasteiger partial charge on any atom is 0.139 e. The zero-order valence-corrected chi connectivity index (χ0v) is 11.4. The Kier molecular flexibility index (Phi) is 3.25. The molecule has 3 rings (SSSR count). The molecule has 0 radical (unpaired) electrons. The zero-order valence-electron chi connectivity index (χ0n) is 11.4. The van der Waals surface area contributed by atoms with Crippen LogP contribution in [0.1, 0.15) is 5.69 Å². The fourth-order valence-corrected chi connectivity index (χ4v) is 2.31. The lowest BCUT2D eigenvalue weighted by atomic mass is 10.2. The summed E-state index contributed by atoms with van der Waals surface area (Å²) in [5.74, 6) is 0.944. The highest BCUT2D eigenvalue weighted by Gasteiger charge is 2.07. The summed E-state index contributed by atoms with van der Waals surface area (Å²) in [5.41, 5.74) is 8.84. The molecule has 0 aliphatic heterocycles. The minimum Gasteiger partial charge on any atom is -0.399 e. The zero-order chi connectivity index (χ0) is 13.9. The van der Waals surface area contributed by atoms with Gasteiger partial charge in [0.15, 0.2) is 0 Å². The van der Waals surface area contributed by atoms with Crippen molar-refractivity contribution in [1.29, 1.82) is 0 Å². The van der Waals surface area contributed by atoms with E-state index in [1.165, 1.54) is 5.69 Å². The van der Waals surface area contributed by atoms with Crippen LogP contribution in [-0.4, -0.2) is 19.3 Å². The van der Waals surface area contributed by atoms with Gasteiger partial charge in [0.25, 0.3) is 0 Å². The molecule has 3 aromatic rings. The molecule has 2 N–H and O–H groups in total. The highest BCUT2D eigenvalue weighted by atomic mass is 15.3. The summed E-state index contributed by atoms with van der Waals surface area (Å²) in [6.45, 7) is 0.865. The van der Waals surface area contributed by atoms with Crippen molar-refractivity contribution >= 4 is 5.69 Å². The third-order valence-electron chi connectivity index (χ3n) is 3.39. The molecule has 0 aliphatic carbocycles. The van der Waals surface area contributed by atoms with Gasteiger partial charge in [-0.1, -0.05) is 12.1 Å². The van der Waals surface area contributed by atoms with Gasteiger partial charge in [0.1, 0.15) is 5.82 Å². The fraction of sp³-hybridized carbons (Fsp3) is 0.200. The van der Waals surface area contributed by atoms with Crippen molar-refractivity contribution in [3.63, 3.8) is 0 Å². The summed E-state index contributed by atoms with van der Waals surface area (Å²) in [5, 5.41) is 4.18. The SMILES string of the molecule is Cn1nccc1CCn1ccnc1-c1cccc(N)c1. The van der Waals surface area contributed by atoms with E-state index in [0.717, 1.165) is 30.0 Å². The molecule has 1 aromatic carbocycles. The number of benzene rings is 1. The summed E-state index contributed by atoms with van der Waals surface area (Å²) in [6, 6.07) is 9.84. The number of nitrogen functional groups attached to an aromatic ring is 1. The van der Waals surface area contributed by atoms with Crippen molar-refractivity contribution < 1.29 is 0 Å². The van der Waals surface area contributed by atoms with Crippen LogP contribution in [0.4, 0.5) is 5.69 Å². The molecule has 20 heavy (non-hydrogen) atoms. The lowest BCUT2D eigenvalue weighted by molar-refractivity contribution is 0.640. The minimum absolute atomic E-state index is 0.753. The molecule has 0 spiro atoms. The Balaban J connectivity index is 1.82. The predicted molar refractivity (Wildman–Crippen MR) is 79.0 cm³/mol. The van der Waals surface area contributed by atoms with Gasteiger partial charge in [0.05, 0.1) is 0 Å². The normalized spacial score (nSPS) is 10.8. The quantitative estimate of drug-likeness (QED) is 0.736. The number of anilines is 1. The summed E-state index contributed by atoms with van der Waals surface area (Å²) in [4.78, 5) is 4.43. The summed E-state index contributed by atoms with van der Waals surface area (Å²) in [6.07, 6.45) is 6.56. The molecular weight excluding hydrogens is 250 g/mol. The minimum atomic E-state index is 0.753. The molecule has 0 saturated carbocycles. The van der Waals surface area contributed by atoms with Crippen molar-refractivity contribution in [1.82, 2.24) is 19.3 Å². The molecule has 102 valence electrons. The van der Waals surface area contributed by atoms with E-state index in [1.807, 2.05) is 60.7 Å². The average molecular weight is 267 g/mol. The van der Waals surface area contributed by atoms with E-state index in [2.05, 4.69) is 14.6 Å². The number of hydrogen-bond acceptors (Lipinski definition) is 3. The van der Waals surface area contributed by atoms with Crippen molar-refractivity contribution in [2.24, 2.45) is 7.05 Å². The number of aryl methyl sites for hydroxylation is 3. The smallest absolute Gasteiger partial charge is 0.139 e. The van der Waals surface area contributed by atoms with E-state index in [-0.39, 0.29) is 0 Å². The van der Waals surface area contributed by atoms with Crippen LogP contribution in [0.3, 0.4) is 0 Å². The average Bonchev–Trinajstić information content (AvgIpc) is 3.05. The van der Waals surface area contributed by atoms with Crippen LogP contribution in [0.2, 0.25) is 0 Å². The van der Waals surface area contributed by atoms with Crippen LogP contribution < -0.4 is 5.73 Å². The second-order valence-electron chi connectivity index (χ2n) is 4.77. The Morgan fingerprint density at radius 1 is 1.20 bits per heavy atom. The number of hydrogen-bond donors (Lipinski definition) is 1. The Morgan fingerprint density at radius 3 is 2.85 bits per heavy atom. The van der Waals surface area contributed by atoms with Gasteiger partial charge in [0, 0.05) is 55.5 Å². The van der Waals surface area contributed by atoms with Gasteiger partial charge in [-0.15, -0.1) is 0 Å². The van der Waals surface area contributed by atoms with Crippen molar-refractivity contribution in [3.05, 3.63) is 54.6 Å². The summed E-state index contributed by atoms with van der Waals surface area (Å²) in [7, 11) is 1.96. The number of imidazole rings is 1. The topological polar surface area (TPSA) is 61.7 Å². The Hall–Kier alpha value is -2.56. The van der Waals surface area contributed by atoms with Gasteiger partial charge in [-0.25, -0.2) is 4.98 Å². The second kappa shape index (κ2) is 5.21. The number of rotatable bonds is 4. The predicted octanol–water partition coefficient (Wildman–Crippen LogP) is 2.11. The van der Waals surface area contributed by atoms with Crippen molar-refractivity contribution in [2.75, 3.05) is 5.73 Å². The van der Waals surface area contributed by atoms with Crippen LogP contribution in [0.15, 0.2) is 48.9 Å². The standard InChI is InChI=1S/C15H17N5/c1-19-14(5-7-18-19)6-9-20-10-8-17-15(20)12-3-2-4-13(16)11-12/h2-5,7-8,10-11H,6,9,16H2,1H3. The first-order valence-electron chi connectivity index (χ1n) is 6.58. The molecule has 0 amide bonds. The molecule has 0 unspecified atom stereocenters. The molecule has 2 heterocycles. The fourth-order valence-electron chi connectivity index (χ4n) is 2.31. The van der Waals surface area contributed by atoms with E-state index in [9.17, 15) is 0 Å². The monoisotopic (exact) mass is 267 g/mol. The highest BCUT2D eigenvalue weighted by molar-refractivity contribution is 5.61. The Labute approximate surface area is 117 Å². The molecule has 5 nitrogen and oxygen atoms in total. The maximum absolute atomic E-state index is 5.84. The molecule has 0 aliphatic rings. The number of aromatic nitrogens is 4. The lowest BCUT2D eigenvalue weighted by Crippen LogP contribution is -2.06. The molecular formula is C15H17N5. The van der Waals surface area contributed by atoms with Gasteiger partial charge in [0.2, 0.25) is 0 Å². The van der Waals surface area contributed by atoms with Gasteiger partial charge < -0.3 is 10.3 Å². The Morgan fingerprint density at radius 2 is 2.10 bits per heavy atom. The molecule has 0 bridgehead atoms. The third kappa shape index (κ3) is 2.42. The second-order valence-corrected chi connectivity index (χ2v) is 4.77. The lowest BCUT2D eigenvalue weighted by Gasteiger charge is -2.08. The largest absolute Gasteiger partial charge is 0.399 e. The van der Waals surface area contributed by atoms with Gasteiger partial charge in [-0.3, -0.25) is 4.68 Å².